The lowest BCUT2D eigenvalue weighted by Crippen LogP contribution is -2.57. The van der Waals surface area contributed by atoms with Crippen molar-refractivity contribution in [1.82, 2.24) is 0 Å². The number of benzene rings is 1. The number of methoxy groups -OCH3 is 1. The summed E-state index contributed by atoms with van der Waals surface area (Å²) in [5.41, 5.74) is 0.914. The molecule has 0 amide bonds. The first-order chi connectivity index (χ1) is 16.0. The average Bonchev–Trinajstić information content (AvgIpc) is 3.11. The van der Waals surface area contributed by atoms with Crippen molar-refractivity contribution in [2.24, 2.45) is 28.6 Å². The van der Waals surface area contributed by atoms with Crippen LogP contribution in [0.1, 0.15) is 77.7 Å². The van der Waals surface area contributed by atoms with Gasteiger partial charge in [-0.2, -0.15) is 0 Å². The molecule has 1 aromatic carbocycles. The molecular formula is C29H40O5. The topological polar surface area (TPSA) is 76.0 Å². The molecule has 4 aliphatic carbocycles. The maximum absolute atomic E-state index is 12.4. The van der Waals surface area contributed by atoms with Gasteiger partial charge < -0.3 is 19.7 Å². The molecule has 0 bridgehead atoms. The maximum atomic E-state index is 12.4. The molecule has 3 fully saturated rings. The van der Waals surface area contributed by atoms with Crippen LogP contribution in [0.2, 0.25) is 0 Å². The van der Waals surface area contributed by atoms with Crippen molar-refractivity contribution in [3.8, 4) is 5.75 Å². The Morgan fingerprint density at radius 3 is 2.41 bits per heavy atom. The van der Waals surface area contributed by atoms with Crippen molar-refractivity contribution < 1.29 is 24.5 Å². The standard InChI is InChI=1S/C29H40O5/c1-19(30)29(32)14-12-25-23-10-7-21-17-28(31,34-18-20-5-8-22(33-4)9-6-20)16-15-26(21,2)24(23)11-13-27(25,29)3/h5-9,23-25,31-32H,10-18H2,1-4H3/t23?,24?,25?,26-,27-,28-,29+/m0/s1. The molecule has 5 nitrogen and oxygen atoms in total. The van der Waals surface area contributed by atoms with E-state index in [-0.39, 0.29) is 16.6 Å². The molecule has 34 heavy (non-hydrogen) atoms. The molecule has 0 spiro atoms. The molecule has 3 saturated carbocycles. The van der Waals surface area contributed by atoms with E-state index in [1.165, 1.54) is 5.57 Å². The van der Waals surface area contributed by atoms with Crippen molar-refractivity contribution in [1.29, 1.82) is 0 Å². The SMILES string of the molecule is COc1ccc(CO[C@@]2(O)CC[C@@]3(C)C(=CCC4C3CC[C@@]3(C)C4CC[C@@]3(O)C(C)=O)C2)cc1. The number of carbonyl (C=O) groups excluding carboxylic acids is 1. The van der Waals surface area contributed by atoms with Crippen LogP contribution in [-0.4, -0.2) is 34.5 Å². The van der Waals surface area contributed by atoms with Gasteiger partial charge in [0.2, 0.25) is 0 Å². The number of ketones is 1. The molecule has 0 aromatic heterocycles. The van der Waals surface area contributed by atoms with Gasteiger partial charge in [0.15, 0.2) is 11.6 Å². The number of rotatable bonds is 5. The molecule has 7 atom stereocenters. The maximum Gasteiger partial charge on any atom is 0.169 e. The van der Waals surface area contributed by atoms with Gasteiger partial charge in [-0.15, -0.1) is 0 Å². The van der Waals surface area contributed by atoms with Gasteiger partial charge in [0.1, 0.15) is 11.4 Å². The Kier molecular flexibility index (Phi) is 5.78. The van der Waals surface area contributed by atoms with Crippen molar-refractivity contribution in [2.45, 2.75) is 90.1 Å². The number of Topliss-reactive ketones (excluding diaryl/α,β-unsaturated/α-hetero) is 1. The predicted molar refractivity (Wildman–Crippen MR) is 130 cm³/mol. The molecule has 0 heterocycles. The third-order valence-electron chi connectivity index (χ3n) is 10.5. The monoisotopic (exact) mass is 468 g/mol. The lowest BCUT2D eigenvalue weighted by Gasteiger charge is -2.59. The minimum absolute atomic E-state index is 0.0525. The largest absolute Gasteiger partial charge is 0.497 e. The molecular weight excluding hydrogens is 428 g/mol. The van der Waals surface area contributed by atoms with Crippen molar-refractivity contribution in [2.75, 3.05) is 7.11 Å². The van der Waals surface area contributed by atoms with Gasteiger partial charge >= 0.3 is 0 Å². The van der Waals surface area contributed by atoms with E-state index in [0.717, 1.165) is 43.4 Å². The van der Waals surface area contributed by atoms with Gasteiger partial charge in [-0.3, -0.25) is 4.79 Å². The Labute approximate surface area is 203 Å². The Hall–Kier alpha value is -1.69. The van der Waals surface area contributed by atoms with Crippen LogP contribution in [0.15, 0.2) is 35.9 Å². The Balaban J connectivity index is 1.32. The molecule has 1 aromatic rings. The minimum atomic E-state index is -1.17. The van der Waals surface area contributed by atoms with Gasteiger partial charge in [-0.1, -0.05) is 37.6 Å². The fourth-order valence-corrected chi connectivity index (χ4v) is 8.27. The highest BCUT2D eigenvalue weighted by Gasteiger charge is 2.65. The number of fused-ring (bicyclic) bond motifs is 5. The van der Waals surface area contributed by atoms with E-state index in [1.54, 1.807) is 14.0 Å². The zero-order valence-corrected chi connectivity index (χ0v) is 21.1. The summed E-state index contributed by atoms with van der Waals surface area (Å²) in [7, 11) is 1.65. The van der Waals surface area contributed by atoms with E-state index in [1.807, 2.05) is 24.3 Å². The fraction of sp³-hybridized carbons (Fsp3) is 0.690. The van der Waals surface area contributed by atoms with Crippen LogP contribution in [-0.2, 0) is 16.1 Å². The summed E-state index contributed by atoms with van der Waals surface area (Å²) >= 11 is 0. The molecule has 0 aliphatic heterocycles. The number of ether oxygens (including phenoxy) is 2. The Bertz CT molecular complexity index is 985. The van der Waals surface area contributed by atoms with Gasteiger partial charge in [0.25, 0.3) is 0 Å². The number of aliphatic hydroxyl groups is 2. The van der Waals surface area contributed by atoms with Gasteiger partial charge in [-0.05, 0) is 86.3 Å². The molecule has 0 saturated heterocycles. The Morgan fingerprint density at radius 1 is 1.03 bits per heavy atom. The molecule has 3 unspecified atom stereocenters. The summed E-state index contributed by atoms with van der Waals surface area (Å²) in [6.07, 6.45) is 8.88. The van der Waals surface area contributed by atoms with Crippen LogP contribution in [0.5, 0.6) is 5.75 Å². The molecule has 186 valence electrons. The number of hydrogen-bond acceptors (Lipinski definition) is 5. The number of carbonyl (C=O) groups is 1. The van der Waals surface area contributed by atoms with E-state index >= 15 is 0 Å². The molecule has 2 N–H and O–H groups in total. The molecule has 5 rings (SSSR count). The third kappa shape index (κ3) is 3.50. The summed E-state index contributed by atoms with van der Waals surface area (Å²) in [5, 5.41) is 22.7. The fourth-order valence-electron chi connectivity index (χ4n) is 8.27. The summed E-state index contributed by atoms with van der Waals surface area (Å²) in [6, 6.07) is 7.78. The second-order valence-electron chi connectivity index (χ2n) is 11.9. The highest BCUT2D eigenvalue weighted by atomic mass is 16.6. The quantitative estimate of drug-likeness (QED) is 0.460. The smallest absolute Gasteiger partial charge is 0.169 e. The van der Waals surface area contributed by atoms with Crippen molar-refractivity contribution in [3.05, 3.63) is 41.5 Å². The zero-order valence-electron chi connectivity index (χ0n) is 21.1. The van der Waals surface area contributed by atoms with Crippen LogP contribution in [0, 0.1) is 28.6 Å². The summed E-state index contributed by atoms with van der Waals surface area (Å²) in [4.78, 5) is 12.4. The summed E-state index contributed by atoms with van der Waals surface area (Å²) in [5.74, 6) is 1.01. The van der Waals surface area contributed by atoms with Crippen LogP contribution in [0.4, 0.5) is 0 Å². The third-order valence-corrected chi connectivity index (χ3v) is 10.5. The highest BCUT2D eigenvalue weighted by Crippen LogP contribution is 2.67. The van der Waals surface area contributed by atoms with Crippen molar-refractivity contribution >= 4 is 5.78 Å². The van der Waals surface area contributed by atoms with Gasteiger partial charge in [-0.25, -0.2) is 0 Å². The van der Waals surface area contributed by atoms with Gasteiger partial charge in [0.05, 0.1) is 13.7 Å². The first kappa shape index (κ1) is 24.0. The van der Waals surface area contributed by atoms with E-state index < -0.39 is 11.4 Å². The second-order valence-corrected chi connectivity index (χ2v) is 11.9. The van der Waals surface area contributed by atoms with Crippen LogP contribution >= 0.6 is 0 Å². The van der Waals surface area contributed by atoms with E-state index in [9.17, 15) is 15.0 Å². The van der Waals surface area contributed by atoms with E-state index in [2.05, 4.69) is 19.9 Å². The lowest BCUT2D eigenvalue weighted by atomic mass is 9.46. The number of hydrogen-bond donors (Lipinski definition) is 2. The second kappa shape index (κ2) is 8.18. The number of allylic oxidation sites excluding steroid dienone is 1. The highest BCUT2D eigenvalue weighted by molar-refractivity contribution is 5.86. The van der Waals surface area contributed by atoms with Crippen LogP contribution in [0.3, 0.4) is 0 Å². The van der Waals surface area contributed by atoms with E-state index in [0.29, 0.717) is 43.6 Å². The normalized spacial score (nSPS) is 43.4. The minimum Gasteiger partial charge on any atom is -0.497 e. The molecule has 5 heteroatoms. The van der Waals surface area contributed by atoms with Crippen LogP contribution in [0.25, 0.3) is 0 Å². The molecule has 0 radical (unpaired) electrons. The van der Waals surface area contributed by atoms with Crippen LogP contribution < -0.4 is 4.74 Å². The average molecular weight is 469 g/mol. The van der Waals surface area contributed by atoms with Gasteiger partial charge in [0, 0.05) is 18.3 Å². The zero-order chi connectivity index (χ0) is 24.4. The first-order valence-corrected chi connectivity index (χ1v) is 13.0. The first-order valence-electron chi connectivity index (χ1n) is 13.0. The van der Waals surface area contributed by atoms with E-state index in [4.69, 9.17) is 9.47 Å². The predicted octanol–water partition coefficient (Wildman–Crippen LogP) is 5.18. The Morgan fingerprint density at radius 2 is 1.74 bits per heavy atom. The summed E-state index contributed by atoms with van der Waals surface area (Å²) < 4.78 is 11.3. The lowest BCUT2D eigenvalue weighted by molar-refractivity contribution is -0.232. The summed E-state index contributed by atoms with van der Waals surface area (Å²) in [6.45, 7) is 6.48. The molecule has 4 aliphatic rings. The van der Waals surface area contributed by atoms with Crippen molar-refractivity contribution in [3.63, 3.8) is 0 Å².